The predicted molar refractivity (Wildman–Crippen MR) is 116 cm³/mol. The zero-order chi connectivity index (χ0) is 24.8. The summed E-state index contributed by atoms with van der Waals surface area (Å²) in [4.78, 5) is 40.8. The van der Waals surface area contributed by atoms with Crippen LogP contribution in [0.25, 0.3) is 0 Å². The van der Waals surface area contributed by atoms with Gasteiger partial charge >= 0.3 is 0 Å². The quantitative estimate of drug-likeness (QED) is 0.351. The van der Waals surface area contributed by atoms with E-state index in [0.717, 1.165) is 6.07 Å². The average Bonchev–Trinajstić information content (AvgIpc) is 3.22. The van der Waals surface area contributed by atoms with E-state index in [1.165, 1.54) is 32.2 Å². The van der Waals surface area contributed by atoms with Crippen LogP contribution >= 0.6 is 0 Å². The fourth-order valence-electron chi connectivity index (χ4n) is 3.22. The number of carbonyl (C=O) groups is 2. The third-order valence-corrected chi connectivity index (χ3v) is 4.84. The van der Waals surface area contributed by atoms with Crippen LogP contribution in [-0.2, 0) is 16.1 Å². The number of aryl methyl sites for hydroxylation is 2. The normalized spacial score (nSPS) is 11.6. The van der Waals surface area contributed by atoms with Crippen LogP contribution in [0.1, 0.15) is 41.1 Å². The molecule has 0 fully saturated rings. The highest BCUT2D eigenvalue weighted by Crippen LogP contribution is 2.37. The first-order valence-electron chi connectivity index (χ1n) is 10.2. The Morgan fingerprint density at radius 2 is 1.91 bits per heavy atom. The van der Waals surface area contributed by atoms with Gasteiger partial charge in [0.15, 0.2) is 23.1 Å². The number of hydrogen-bond acceptors (Lipinski definition) is 10. The van der Waals surface area contributed by atoms with Crippen LogP contribution in [0.4, 0.5) is 0 Å². The maximum Gasteiger partial charge on any atom is 0.246 e. The molecular weight excluding hydrogens is 448 g/mol. The van der Waals surface area contributed by atoms with Crippen LogP contribution in [0.3, 0.4) is 0 Å². The lowest BCUT2D eigenvalue weighted by molar-refractivity contribution is -0.126. The van der Waals surface area contributed by atoms with Crippen molar-refractivity contribution in [2.45, 2.75) is 32.7 Å². The number of phenols is 1. The van der Waals surface area contributed by atoms with Gasteiger partial charge in [-0.1, -0.05) is 11.2 Å². The van der Waals surface area contributed by atoms with E-state index in [0.29, 0.717) is 11.4 Å². The summed E-state index contributed by atoms with van der Waals surface area (Å²) in [6, 6.07) is 5.46. The first kappa shape index (κ1) is 24.3. The van der Waals surface area contributed by atoms with E-state index in [2.05, 4.69) is 20.8 Å². The Morgan fingerprint density at radius 3 is 2.59 bits per heavy atom. The minimum atomic E-state index is -0.911. The number of carbonyl (C=O) groups excluding carboxylic acids is 2. The number of benzene rings is 1. The molecule has 0 spiro atoms. The van der Waals surface area contributed by atoms with Crippen molar-refractivity contribution in [3.8, 4) is 17.2 Å². The molecule has 12 nitrogen and oxygen atoms in total. The molecule has 0 aliphatic heterocycles. The van der Waals surface area contributed by atoms with Crippen molar-refractivity contribution >= 4 is 11.8 Å². The van der Waals surface area contributed by atoms with Gasteiger partial charge in [0.05, 0.1) is 26.1 Å². The predicted octanol–water partition coefficient (Wildman–Crippen LogP) is 1.01. The molecule has 0 bridgehead atoms. The number of ether oxygens (including phenoxy) is 1. The van der Waals surface area contributed by atoms with Crippen LogP contribution in [0.5, 0.6) is 17.2 Å². The lowest BCUT2D eigenvalue weighted by atomic mass is 9.91. The van der Waals surface area contributed by atoms with Crippen molar-refractivity contribution in [3.05, 3.63) is 63.3 Å². The number of nitrogens with one attached hydrogen (secondary N) is 2. The molecule has 0 saturated heterocycles. The molecule has 0 radical (unpaired) electrons. The molecule has 1 aromatic carbocycles. The van der Waals surface area contributed by atoms with Crippen LogP contribution < -0.4 is 20.8 Å². The Kier molecular flexibility index (Phi) is 7.51. The van der Waals surface area contributed by atoms with Crippen molar-refractivity contribution in [2.75, 3.05) is 13.7 Å². The van der Waals surface area contributed by atoms with E-state index in [-0.39, 0.29) is 48.4 Å². The number of nitrogens with zero attached hydrogens (tertiary/aromatic N) is 2. The molecule has 0 aliphatic carbocycles. The number of aromatic nitrogens is 2. The largest absolute Gasteiger partial charge is 0.504 e. The Labute approximate surface area is 193 Å². The summed E-state index contributed by atoms with van der Waals surface area (Å²) < 4.78 is 15.6. The zero-order valence-corrected chi connectivity index (χ0v) is 18.7. The van der Waals surface area contributed by atoms with Gasteiger partial charge in [0.25, 0.3) is 0 Å². The average molecular weight is 472 g/mol. The van der Waals surface area contributed by atoms with Gasteiger partial charge in [0, 0.05) is 12.5 Å². The Hall–Kier alpha value is -4.35. The summed E-state index contributed by atoms with van der Waals surface area (Å²) in [5.41, 5.74) is -0.226. The van der Waals surface area contributed by atoms with Gasteiger partial charge in [-0.2, -0.15) is 4.98 Å². The molecule has 34 heavy (non-hydrogen) atoms. The minimum absolute atomic E-state index is 0.00773. The number of amides is 2. The van der Waals surface area contributed by atoms with Gasteiger partial charge in [-0.25, -0.2) is 0 Å². The van der Waals surface area contributed by atoms with Crippen LogP contribution in [-0.4, -0.2) is 45.8 Å². The number of aromatic hydroxyl groups is 2. The fourth-order valence-corrected chi connectivity index (χ4v) is 3.22. The van der Waals surface area contributed by atoms with Gasteiger partial charge in [-0.15, -0.1) is 0 Å². The van der Waals surface area contributed by atoms with Gasteiger partial charge < -0.3 is 34.5 Å². The molecule has 180 valence electrons. The minimum Gasteiger partial charge on any atom is -0.504 e. The monoisotopic (exact) mass is 472 g/mol. The van der Waals surface area contributed by atoms with Crippen molar-refractivity contribution in [1.29, 1.82) is 0 Å². The van der Waals surface area contributed by atoms with E-state index in [1.54, 1.807) is 6.92 Å². The molecular formula is C22H24N4O8. The highest BCUT2D eigenvalue weighted by atomic mass is 16.5. The van der Waals surface area contributed by atoms with E-state index < -0.39 is 28.9 Å². The Balaban J connectivity index is 1.75. The first-order valence-corrected chi connectivity index (χ1v) is 10.2. The van der Waals surface area contributed by atoms with E-state index in [4.69, 9.17) is 13.7 Å². The van der Waals surface area contributed by atoms with E-state index in [9.17, 15) is 24.6 Å². The van der Waals surface area contributed by atoms with Crippen LogP contribution in [0.2, 0.25) is 0 Å². The SMILES string of the molecule is COc1cc([C@H](CC(=O)NCC(=O)NCc2nc(C)no2)c2oc(C)cc(=O)c2O)ccc1O. The standard InChI is InChI=1S/C22H24N4O8/c1-11-6-16(28)21(31)22(33-11)14(13-4-5-15(27)17(7-13)32-3)8-18(29)23-9-19(30)24-10-20-25-12(2)26-34-20/h4-7,14,27,31H,8-10H2,1-3H3,(H,23,29)(H,24,30)/t14-/m0/s1. The zero-order valence-electron chi connectivity index (χ0n) is 18.7. The second-order valence-corrected chi connectivity index (χ2v) is 7.41. The molecule has 3 aromatic rings. The van der Waals surface area contributed by atoms with Crippen molar-refractivity contribution in [1.82, 2.24) is 20.8 Å². The Bertz CT molecular complexity index is 1250. The van der Waals surface area contributed by atoms with Crippen molar-refractivity contribution in [3.63, 3.8) is 0 Å². The third kappa shape index (κ3) is 5.91. The summed E-state index contributed by atoms with van der Waals surface area (Å²) in [5, 5.41) is 28.9. The number of hydrogen-bond donors (Lipinski definition) is 4. The van der Waals surface area contributed by atoms with Gasteiger partial charge in [0.2, 0.25) is 28.9 Å². The summed E-state index contributed by atoms with van der Waals surface area (Å²) in [6.07, 6.45) is -0.274. The topological polar surface area (TPSA) is 177 Å². The summed E-state index contributed by atoms with van der Waals surface area (Å²) >= 11 is 0. The number of methoxy groups -OCH3 is 1. The van der Waals surface area contributed by atoms with E-state index >= 15 is 0 Å². The van der Waals surface area contributed by atoms with E-state index in [1.807, 2.05) is 0 Å². The highest BCUT2D eigenvalue weighted by molar-refractivity contribution is 5.85. The second-order valence-electron chi connectivity index (χ2n) is 7.41. The Morgan fingerprint density at radius 1 is 1.15 bits per heavy atom. The molecule has 12 heteroatoms. The molecule has 4 N–H and O–H groups in total. The molecule has 0 aliphatic rings. The molecule has 0 saturated carbocycles. The maximum atomic E-state index is 12.7. The maximum absolute atomic E-state index is 12.7. The summed E-state index contributed by atoms with van der Waals surface area (Å²) in [5.74, 6) is -1.81. The number of phenolic OH excluding ortho intramolecular Hbond substituents is 1. The van der Waals surface area contributed by atoms with Crippen LogP contribution in [0, 0.1) is 13.8 Å². The molecule has 2 aromatic heterocycles. The summed E-state index contributed by atoms with van der Waals surface area (Å²) in [7, 11) is 1.36. The number of rotatable bonds is 9. The third-order valence-electron chi connectivity index (χ3n) is 4.84. The lowest BCUT2D eigenvalue weighted by Crippen LogP contribution is -2.37. The lowest BCUT2D eigenvalue weighted by Gasteiger charge is -2.19. The molecule has 1 atom stereocenters. The van der Waals surface area contributed by atoms with Gasteiger partial charge in [-0.3, -0.25) is 14.4 Å². The van der Waals surface area contributed by atoms with Crippen molar-refractivity contribution < 1.29 is 33.5 Å². The molecule has 3 rings (SSSR count). The van der Waals surface area contributed by atoms with Crippen LogP contribution in [0.15, 0.2) is 38.0 Å². The van der Waals surface area contributed by atoms with Gasteiger partial charge in [0.1, 0.15) is 5.76 Å². The van der Waals surface area contributed by atoms with Gasteiger partial charge in [-0.05, 0) is 31.5 Å². The smallest absolute Gasteiger partial charge is 0.246 e. The second kappa shape index (κ2) is 10.5. The fraction of sp³-hybridized carbons (Fsp3) is 0.318. The summed E-state index contributed by atoms with van der Waals surface area (Å²) in [6.45, 7) is 2.85. The highest BCUT2D eigenvalue weighted by Gasteiger charge is 2.27. The van der Waals surface area contributed by atoms with Crippen molar-refractivity contribution in [2.24, 2.45) is 0 Å². The first-order chi connectivity index (χ1) is 16.2. The molecule has 0 unspecified atom stereocenters. The molecule has 2 heterocycles. The molecule has 2 amide bonds.